The van der Waals surface area contributed by atoms with Crippen LogP contribution in [0.3, 0.4) is 0 Å². The second-order valence-electron chi connectivity index (χ2n) is 16.4. The van der Waals surface area contributed by atoms with Crippen molar-refractivity contribution < 1.29 is 0 Å². The van der Waals surface area contributed by atoms with E-state index in [1.807, 2.05) is 0 Å². The van der Waals surface area contributed by atoms with Gasteiger partial charge in [0, 0.05) is 22.4 Å². The Hall–Kier alpha value is -7.22. The van der Waals surface area contributed by atoms with Crippen molar-refractivity contribution in [3.63, 3.8) is 0 Å². The molecule has 0 unspecified atom stereocenters. The number of rotatable bonds is 7. The molecule has 0 aromatic heterocycles. The Balaban J connectivity index is 1.23. The number of benzene rings is 9. The first-order valence-corrected chi connectivity index (χ1v) is 20.7. The summed E-state index contributed by atoms with van der Waals surface area (Å²) in [4.78, 5) is 2.50. The molecule has 2 aliphatic rings. The van der Waals surface area contributed by atoms with Gasteiger partial charge in [0.15, 0.2) is 0 Å². The SMILES string of the molecule is CC1(C)c2ccccc2-c2c(-c3c(-c4ccccc4)cccc3N(c3ccccc3)c3ccc4c(c3)C(c3ccccc3)(c3ccccc3)c3ccccc3-4)cccc21. The van der Waals surface area contributed by atoms with Crippen molar-refractivity contribution in [2.75, 3.05) is 4.90 Å². The topological polar surface area (TPSA) is 3.24 Å². The van der Waals surface area contributed by atoms with E-state index in [-0.39, 0.29) is 5.41 Å². The molecule has 0 amide bonds. The van der Waals surface area contributed by atoms with Crippen LogP contribution in [0, 0.1) is 0 Å². The van der Waals surface area contributed by atoms with E-state index >= 15 is 0 Å². The predicted molar refractivity (Wildman–Crippen MR) is 247 cm³/mol. The normalized spacial score (nSPS) is 13.9. The molecule has 0 N–H and O–H groups in total. The van der Waals surface area contributed by atoms with Crippen LogP contribution in [0.15, 0.2) is 224 Å². The third kappa shape index (κ3) is 5.25. The summed E-state index contributed by atoms with van der Waals surface area (Å²) >= 11 is 0. The summed E-state index contributed by atoms with van der Waals surface area (Å²) in [6, 6.07) is 83.0. The second-order valence-corrected chi connectivity index (χ2v) is 16.4. The summed E-state index contributed by atoms with van der Waals surface area (Å²) in [6.07, 6.45) is 0. The summed E-state index contributed by atoms with van der Waals surface area (Å²) < 4.78 is 0. The van der Waals surface area contributed by atoms with Crippen LogP contribution in [0.2, 0.25) is 0 Å². The molecular weight excluding hydrogens is 711 g/mol. The molecule has 9 aromatic carbocycles. The first-order chi connectivity index (χ1) is 29.1. The minimum atomic E-state index is -0.517. The smallest absolute Gasteiger partial charge is 0.0714 e. The monoisotopic (exact) mass is 753 g/mol. The average molecular weight is 754 g/mol. The van der Waals surface area contributed by atoms with Gasteiger partial charge in [0.05, 0.1) is 11.1 Å². The van der Waals surface area contributed by atoms with Crippen LogP contribution >= 0.6 is 0 Å². The van der Waals surface area contributed by atoms with Gasteiger partial charge in [0.1, 0.15) is 0 Å². The highest BCUT2D eigenvalue weighted by Crippen LogP contribution is 2.59. The number of anilines is 3. The van der Waals surface area contributed by atoms with Gasteiger partial charge in [-0.25, -0.2) is 0 Å². The first-order valence-electron chi connectivity index (χ1n) is 20.7. The van der Waals surface area contributed by atoms with E-state index in [0.29, 0.717) is 0 Å². The molecule has 0 saturated heterocycles. The maximum atomic E-state index is 2.50. The fourth-order valence-corrected chi connectivity index (χ4v) is 10.4. The van der Waals surface area contributed by atoms with E-state index in [2.05, 4.69) is 243 Å². The molecule has 0 spiro atoms. The van der Waals surface area contributed by atoms with Crippen LogP contribution in [0.4, 0.5) is 17.1 Å². The molecule has 1 heteroatoms. The van der Waals surface area contributed by atoms with Crippen LogP contribution in [0.25, 0.3) is 44.5 Å². The number of hydrogen-bond donors (Lipinski definition) is 0. The molecule has 0 bridgehead atoms. The lowest BCUT2D eigenvalue weighted by Crippen LogP contribution is -2.28. The highest BCUT2D eigenvalue weighted by Gasteiger charge is 2.46. The molecule has 11 rings (SSSR count). The van der Waals surface area contributed by atoms with Crippen molar-refractivity contribution in [1.82, 2.24) is 0 Å². The van der Waals surface area contributed by atoms with E-state index in [1.165, 1.54) is 77.9 Å². The van der Waals surface area contributed by atoms with Gasteiger partial charge in [0.2, 0.25) is 0 Å². The van der Waals surface area contributed by atoms with E-state index in [4.69, 9.17) is 0 Å². The average Bonchev–Trinajstić information content (AvgIpc) is 3.73. The molecule has 0 atom stereocenters. The van der Waals surface area contributed by atoms with Gasteiger partial charge >= 0.3 is 0 Å². The van der Waals surface area contributed by atoms with E-state index in [0.717, 1.165) is 17.1 Å². The zero-order valence-electron chi connectivity index (χ0n) is 33.3. The Morgan fingerprint density at radius 1 is 0.322 bits per heavy atom. The van der Waals surface area contributed by atoms with E-state index < -0.39 is 5.41 Å². The Morgan fingerprint density at radius 3 is 1.53 bits per heavy atom. The van der Waals surface area contributed by atoms with Crippen LogP contribution in [-0.4, -0.2) is 0 Å². The van der Waals surface area contributed by atoms with Crippen molar-refractivity contribution in [2.24, 2.45) is 0 Å². The number of nitrogens with zero attached hydrogens (tertiary/aromatic N) is 1. The van der Waals surface area contributed by atoms with Crippen molar-refractivity contribution in [1.29, 1.82) is 0 Å². The van der Waals surface area contributed by atoms with E-state index in [9.17, 15) is 0 Å². The number of fused-ring (bicyclic) bond motifs is 6. The molecule has 9 aromatic rings. The Labute approximate surface area is 347 Å². The summed E-state index contributed by atoms with van der Waals surface area (Å²) in [6.45, 7) is 4.74. The molecule has 0 saturated carbocycles. The molecular formula is C58H43N. The zero-order valence-corrected chi connectivity index (χ0v) is 33.3. The highest BCUT2D eigenvalue weighted by molar-refractivity contribution is 6.04. The third-order valence-corrected chi connectivity index (χ3v) is 13.0. The number of para-hydroxylation sites is 1. The molecule has 280 valence electrons. The molecule has 2 aliphatic carbocycles. The van der Waals surface area contributed by atoms with Gasteiger partial charge < -0.3 is 4.90 Å². The third-order valence-electron chi connectivity index (χ3n) is 13.0. The molecule has 1 nitrogen and oxygen atoms in total. The largest absolute Gasteiger partial charge is 0.310 e. The maximum absolute atomic E-state index is 2.50. The maximum Gasteiger partial charge on any atom is 0.0714 e. The molecule has 0 aliphatic heterocycles. The van der Waals surface area contributed by atoms with Gasteiger partial charge in [0.25, 0.3) is 0 Å². The Bertz CT molecular complexity index is 2960. The fraction of sp³-hybridized carbons (Fsp3) is 0.0690. The van der Waals surface area contributed by atoms with Crippen molar-refractivity contribution in [3.8, 4) is 44.5 Å². The van der Waals surface area contributed by atoms with Crippen molar-refractivity contribution in [3.05, 3.63) is 258 Å². The van der Waals surface area contributed by atoms with Crippen LogP contribution < -0.4 is 4.90 Å². The van der Waals surface area contributed by atoms with Gasteiger partial charge in [-0.2, -0.15) is 0 Å². The second kappa shape index (κ2) is 13.7. The fourth-order valence-electron chi connectivity index (χ4n) is 10.4. The van der Waals surface area contributed by atoms with Crippen molar-refractivity contribution >= 4 is 17.1 Å². The standard InChI is InChI=1S/C58H43N/c1-57(2)50-33-17-16-30-48(50)55-49(32-19-35-52(55)57)56-45(40-21-7-3-8-22-40)31-20-36-54(56)59(43-27-13-6-14-28-43)44-37-38-47-46-29-15-18-34-51(46)58(53(47)39-44,41-23-9-4-10-24-41)42-25-11-5-12-26-42/h3-39H,1-2H3. The van der Waals surface area contributed by atoms with Gasteiger partial charge in [-0.05, 0) is 103 Å². The quantitative estimate of drug-likeness (QED) is 0.157. The van der Waals surface area contributed by atoms with Gasteiger partial charge in [-0.3, -0.25) is 0 Å². The van der Waals surface area contributed by atoms with Gasteiger partial charge in [-0.15, -0.1) is 0 Å². The Kier molecular flexibility index (Phi) is 8.13. The van der Waals surface area contributed by atoms with Crippen molar-refractivity contribution in [2.45, 2.75) is 24.7 Å². The lowest BCUT2D eigenvalue weighted by atomic mass is 9.67. The predicted octanol–water partition coefficient (Wildman–Crippen LogP) is 15.2. The van der Waals surface area contributed by atoms with E-state index in [1.54, 1.807) is 0 Å². The minimum absolute atomic E-state index is 0.129. The first kappa shape index (κ1) is 35.0. The molecule has 0 radical (unpaired) electrons. The molecule has 0 heterocycles. The summed E-state index contributed by atoms with van der Waals surface area (Å²) in [5.74, 6) is 0. The summed E-state index contributed by atoms with van der Waals surface area (Å²) in [5, 5.41) is 0. The van der Waals surface area contributed by atoms with Crippen LogP contribution in [0.1, 0.15) is 47.2 Å². The van der Waals surface area contributed by atoms with Crippen LogP contribution in [0.5, 0.6) is 0 Å². The molecule has 59 heavy (non-hydrogen) atoms. The zero-order chi connectivity index (χ0) is 39.6. The van der Waals surface area contributed by atoms with Gasteiger partial charge in [-0.1, -0.05) is 208 Å². The summed E-state index contributed by atoms with van der Waals surface area (Å²) in [5.41, 5.74) is 20.6. The highest BCUT2D eigenvalue weighted by atomic mass is 15.1. The lowest BCUT2D eigenvalue weighted by Gasteiger charge is -2.35. The minimum Gasteiger partial charge on any atom is -0.310 e. The molecule has 0 fully saturated rings. The summed E-state index contributed by atoms with van der Waals surface area (Å²) in [7, 11) is 0. The Morgan fingerprint density at radius 2 is 0.831 bits per heavy atom. The lowest BCUT2D eigenvalue weighted by molar-refractivity contribution is 0.660. The van der Waals surface area contributed by atoms with Crippen LogP contribution in [-0.2, 0) is 10.8 Å². The number of hydrogen-bond acceptors (Lipinski definition) is 1.